The molecule has 0 bridgehead atoms. The molecule has 2 aliphatic rings. The molecular weight excluding hydrogens is 308 g/mol. The van der Waals surface area contributed by atoms with Crippen molar-refractivity contribution < 1.29 is 23.1 Å². The first-order chi connectivity index (χ1) is 10.4. The highest BCUT2D eigenvalue weighted by atomic mass is 32.2. The molecule has 2 N–H and O–H groups in total. The second kappa shape index (κ2) is 5.36. The van der Waals surface area contributed by atoms with Crippen LogP contribution in [0.3, 0.4) is 0 Å². The highest BCUT2D eigenvalue weighted by Gasteiger charge is 2.40. The molecule has 0 aromatic heterocycles. The predicted molar refractivity (Wildman–Crippen MR) is 76.9 cm³/mol. The van der Waals surface area contributed by atoms with E-state index >= 15 is 0 Å². The van der Waals surface area contributed by atoms with Gasteiger partial charge in [0.05, 0.1) is 10.5 Å². The molecular formula is C14H16N2O5S. The third-order valence-corrected chi connectivity index (χ3v) is 5.42. The van der Waals surface area contributed by atoms with Crippen LogP contribution in [0.2, 0.25) is 0 Å². The number of carbonyl (C=O) groups is 2. The lowest BCUT2D eigenvalue weighted by atomic mass is 10.2. The molecule has 3 rings (SSSR count). The van der Waals surface area contributed by atoms with E-state index in [9.17, 15) is 18.0 Å². The number of amides is 1. The van der Waals surface area contributed by atoms with Crippen molar-refractivity contribution in [2.24, 2.45) is 0 Å². The molecule has 118 valence electrons. The Morgan fingerprint density at radius 1 is 1.23 bits per heavy atom. The van der Waals surface area contributed by atoms with Crippen molar-refractivity contribution in [3.05, 3.63) is 29.8 Å². The normalized spacial score (nSPS) is 22.1. The van der Waals surface area contributed by atoms with E-state index < -0.39 is 22.0 Å². The van der Waals surface area contributed by atoms with Crippen molar-refractivity contribution in [2.75, 3.05) is 6.54 Å². The molecule has 1 heterocycles. The number of aromatic carboxylic acids is 1. The number of rotatable bonds is 5. The Balaban J connectivity index is 1.70. The SMILES string of the molecule is O=C(O)c1ccc(S(=O)(=O)NC2CC(=O)N(C3CC3)C2)cc1. The number of likely N-dealkylation sites (tertiary alicyclic amines) is 1. The minimum atomic E-state index is -3.76. The van der Waals surface area contributed by atoms with Crippen molar-refractivity contribution in [2.45, 2.75) is 36.2 Å². The molecule has 1 amide bonds. The summed E-state index contributed by atoms with van der Waals surface area (Å²) < 4.78 is 27.1. The molecule has 22 heavy (non-hydrogen) atoms. The first-order valence-corrected chi connectivity index (χ1v) is 8.50. The Kier molecular flexibility index (Phi) is 3.65. The molecule has 1 saturated heterocycles. The summed E-state index contributed by atoms with van der Waals surface area (Å²) in [6.45, 7) is 0.399. The molecule has 1 saturated carbocycles. The number of carboxylic acids is 1. The zero-order valence-corrected chi connectivity index (χ0v) is 12.5. The van der Waals surface area contributed by atoms with E-state index in [0.717, 1.165) is 12.8 Å². The molecule has 8 heteroatoms. The van der Waals surface area contributed by atoms with Crippen molar-refractivity contribution >= 4 is 21.9 Å². The molecule has 1 aliphatic carbocycles. The molecule has 0 spiro atoms. The van der Waals surface area contributed by atoms with Gasteiger partial charge in [0, 0.05) is 25.0 Å². The first-order valence-electron chi connectivity index (χ1n) is 7.02. The van der Waals surface area contributed by atoms with E-state index in [1.165, 1.54) is 24.3 Å². The zero-order chi connectivity index (χ0) is 15.9. The Morgan fingerprint density at radius 2 is 1.86 bits per heavy atom. The van der Waals surface area contributed by atoms with Gasteiger partial charge in [-0.2, -0.15) is 0 Å². The summed E-state index contributed by atoms with van der Waals surface area (Å²) in [4.78, 5) is 24.3. The summed E-state index contributed by atoms with van der Waals surface area (Å²) in [5.41, 5.74) is 0.0231. The molecule has 2 fully saturated rings. The first kappa shape index (κ1) is 15.0. The molecule has 1 atom stereocenters. The van der Waals surface area contributed by atoms with E-state index in [1.54, 1.807) is 4.90 Å². The Labute approximate surface area is 128 Å². The van der Waals surface area contributed by atoms with Gasteiger partial charge in [0.2, 0.25) is 15.9 Å². The quantitative estimate of drug-likeness (QED) is 0.817. The van der Waals surface area contributed by atoms with E-state index in [4.69, 9.17) is 5.11 Å². The van der Waals surface area contributed by atoms with Gasteiger partial charge in [-0.05, 0) is 37.1 Å². The van der Waals surface area contributed by atoms with Gasteiger partial charge in [0.1, 0.15) is 0 Å². The van der Waals surface area contributed by atoms with Crippen molar-refractivity contribution in [1.29, 1.82) is 0 Å². The summed E-state index contributed by atoms with van der Waals surface area (Å²) in [6.07, 6.45) is 2.15. The lowest BCUT2D eigenvalue weighted by Crippen LogP contribution is -2.37. The van der Waals surface area contributed by atoms with Gasteiger partial charge >= 0.3 is 5.97 Å². The van der Waals surface area contributed by atoms with Crippen LogP contribution >= 0.6 is 0 Å². The van der Waals surface area contributed by atoms with Crippen LogP contribution in [0.4, 0.5) is 0 Å². The fourth-order valence-electron chi connectivity index (χ4n) is 2.61. The average Bonchev–Trinajstić information content (AvgIpc) is 3.23. The van der Waals surface area contributed by atoms with Gasteiger partial charge in [-0.25, -0.2) is 17.9 Å². The van der Waals surface area contributed by atoms with Gasteiger partial charge in [-0.3, -0.25) is 4.79 Å². The van der Waals surface area contributed by atoms with Crippen LogP contribution in [0.1, 0.15) is 29.6 Å². The highest BCUT2D eigenvalue weighted by molar-refractivity contribution is 7.89. The van der Waals surface area contributed by atoms with Gasteiger partial charge in [0.15, 0.2) is 0 Å². The maximum Gasteiger partial charge on any atom is 0.335 e. The van der Waals surface area contributed by atoms with Gasteiger partial charge < -0.3 is 10.0 Å². The van der Waals surface area contributed by atoms with Crippen LogP contribution < -0.4 is 4.72 Å². The molecule has 0 radical (unpaired) electrons. The minimum absolute atomic E-state index is 0.00480. The summed E-state index contributed by atoms with van der Waals surface area (Å²) in [5.74, 6) is -1.13. The smallest absolute Gasteiger partial charge is 0.335 e. The standard InChI is InChI=1S/C14H16N2O5S/c17-13-7-10(8-16(13)11-3-4-11)15-22(20,21)12-5-1-9(2-6-12)14(18)19/h1-2,5-6,10-11,15H,3-4,7-8H2,(H,18,19). The van der Waals surface area contributed by atoms with Gasteiger partial charge in [-0.1, -0.05) is 0 Å². The molecule has 1 unspecified atom stereocenters. The molecule has 7 nitrogen and oxygen atoms in total. The Morgan fingerprint density at radius 3 is 2.41 bits per heavy atom. The second-order valence-corrected chi connectivity index (χ2v) is 7.34. The lowest BCUT2D eigenvalue weighted by molar-refractivity contribution is -0.128. The fraction of sp³-hybridized carbons (Fsp3) is 0.429. The predicted octanol–water partition coefficient (Wildman–Crippen LogP) is 0.426. The fourth-order valence-corrected chi connectivity index (χ4v) is 3.84. The van der Waals surface area contributed by atoms with Gasteiger partial charge in [0.25, 0.3) is 0 Å². The molecule has 1 aromatic rings. The third-order valence-electron chi connectivity index (χ3n) is 3.88. The number of sulfonamides is 1. The van der Waals surface area contributed by atoms with Crippen LogP contribution in [0.25, 0.3) is 0 Å². The average molecular weight is 324 g/mol. The largest absolute Gasteiger partial charge is 0.478 e. The van der Waals surface area contributed by atoms with Crippen LogP contribution in [-0.2, 0) is 14.8 Å². The van der Waals surface area contributed by atoms with Crippen LogP contribution in [-0.4, -0.2) is 48.9 Å². The number of carbonyl (C=O) groups excluding carboxylic acids is 1. The van der Waals surface area contributed by atoms with Crippen LogP contribution in [0, 0.1) is 0 Å². The maximum atomic E-state index is 12.3. The van der Waals surface area contributed by atoms with Crippen LogP contribution in [0.15, 0.2) is 29.2 Å². The van der Waals surface area contributed by atoms with Gasteiger partial charge in [-0.15, -0.1) is 0 Å². The Bertz CT molecular complexity index is 709. The summed E-state index contributed by atoms with van der Waals surface area (Å²) in [5, 5.41) is 8.82. The minimum Gasteiger partial charge on any atom is -0.478 e. The number of nitrogens with one attached hydrogen (secondary N) is 1. The summed E-state index contributed by atoms with van der Waals surface area (Å²) in [7, 11) is -3.76. The number of benzene rings is 1. The number of carboxylic acid groups (broad SMARTS) is 1. The number of nitrogens with zero attached hydrogens (tertiary/aromatic N) is 1. The highest BCUT2D eigenvalue weighted by Crippen LogP contribution is 2.30. The summed E-state index contributed by atoms with van der Waals surface area (Å²) in [6, 6.07) is 4.83. The lowest BCUT2D eigenvalue weighted by Gasteiger charge is -2.16. The summed E-state index contributed by atoms with van der Waals surface area (Å²) >= 11 is 0. The molecule has 1 aromatic carbocycles. The number of hydrogen-bond acceptors (Lipinski definition) is 4. The third kappa shape index (κ3) is 2.97. The van der Waals surface area contributed by atoms with E-state index in [1.807, 2.05) is 0 Å². The van der Waals surface area contributed by atoms with Crippen LogP contribution in [0.5, 0.6) is 0 Å². The van der Waals surface area contributed by atoms with Crippen molar-refractivity contribution in [3.63, 3.8) is 0 Å². The van der Waals surface area contributed by atoms with E-state index in [2.05, 4.69) is 4.72 Å². The maximum absolute atomic E-state index is 12.3. The topological polar surface area (TPSA) is 104 Å². The van der Waals surface area contributed by atoms with E-state index in [0.29, 0.717) is 6.54 Å². The molecule has 1 aliphatic heterocycles. The Hall–Kier alpha value is -1.93. The monoisotopic (exact) mass is 324 g/mol. The number of hydrogen-bond donors (Lipinski definition) is 2. The second-order valence-electron chi connectivity index (χ2n) is 5.63. The van der Waals surface area contributed by atoms with Crippen molar-refractivity contribution in [3.8, 4) is 0 Å². The zero-order valence-electron chi connectivity index (χ0n) is 11.7. The van der Waals surface area contributed by atoms with E-state index in [-0.39, 0.29) is 28.8 Å². The van der Waals surface area contributed by atoms with Crippen molar-refractivity contribution in [1.82, 2.24) is 9.62 Å².